The summed E-state index contributed by atoms with van der Waals surface area (Å²) >= 11 is 0. The lowest BCUT2D eigenvalue weighted by atomic mass is 10.1. The van der Waals surface area contributed by atoms with E-state index < -0.39 is 0 Å². The molecule has 0 fully saturated rings. The highest BCUT2D eigenvalue weighted by atomic mass is 16.5. The first kappa shape index (κ1) is 13.9. The number of hydrogen-bond acceptors (Lipinski definition) is 2. The van der Waals surface area contributed by atoms with Crippen molar-refractivity contribution in [3.63, 3.8) is 0 Å². The molecule has 0 amide bonds. The summed E-state index contributed by atoms with van der Waals surface area (Å²) in [6.45, 7) is 3.46. The fraction of sp³-hybridized carbons (Fsp3) is 0.615. The number of unbranched alkanes of at least 4 members (excludes halogenated alkanes) is 5. The Morgan fingerprint density at radius 2 is 1.67 bits per heavy atom. The van der Waals surface area contributed by atoms with Crippen LogP contribution in [0.4, 0.5) is 0 Å². The van der Waals surface area contributed by atoms with Crippen molar-refractivity contribution in [1.82, 2.24) is 0 Å². The van der Waals surface area contributed by atoms with E-state index in [2.05, 4.69) is 23.8 Å². The zero-order chi connectivity index (χ0) is 11.4. The molecular weight excluding hydrogens is 188 g/mol. The minimum Gasteiger partial charge on any atom is -0.435 e. The highest BCUT2D eigenvalue weighted by Crippen LogP contribution is 2.06. The molecule has 0 aromatic heterocycles. The molecule has 2 heteroatoms. The topological polar surface area (TPSA) is 26.3 Å². The van der Waals surface area contributed by atoms with Crippen LogP contribution in [0.5, 0.6) is 0 Å². The Morgan fingerprint density at radius 1 is 1.07 bits per heavy atom. The fourth-order valence-electron chi connectivity index (χ4n) is 1.26. The van der Waals surface area contributed by atoms with E-state index in [0.29, 0.717) is 0 Å². The van der Waals surface area contributed by atoms with Crippen molar-refractivity contribution in [2.75, 3.05) is 0 Å². The molecule has 0 atom stereocenters. The van der Waals surface area contributed by atoms with Gasteiger partial charge in [-0.25, -0.2) is 0 Å². The van der Waals surface area contributed by atoms with Gasteiger partial charge in [0, 0.05) is 6.92 Å². The van der Waals surface area contributed by atoms with Crippen LogP contribution in [0.15, 0.2) is 24.5 Å². The van der Waals surface area contributed by atoms with Crippen molar-refractivity contribution in [3.8, 4) is 0 Å². The van der Waals surface area contributed by atoms with Crippen molar-refractivity contribution in [1.29, 1.82) is 0 Å². The molecule has 0 bridgehead atoms. The molecule has 15 heavy (non-hydrogen) atoms. The Bertz CT molecular complexity index is 205. The lowest BCUT2D eigenvalue weighted by molar-refractivity contribution is -0.135. The first-order valence-corrected chi connectivity index (χ1v) is 5.70. The zero-order valence-electron chi connectivity index (χ0n) is 9.87. The lowest BCUT2D eigenvalue weighted by Gasteiger charge is -1.96. The number of rotatable bonds is 8. The average Bonchev–Trinajstić information content (AvgIpc) is 2.20. The molecule has 0 aliphatic carbocycles. The van der Waals surface area contributed by atoms with Gasteiger partial charge in [0.1, 0.15) is 0 Å². The molecule has 0 N–H and O–H groups in total. The van der Waals surface area contributed by atoms with Crippen molar-refractivity contribution in [2.24, 2.45) is 0 Å². The second-order valence-corrected chi connectivity index (χ2v) is 3.54. The van der Waals surface area contributed by atoms with Gasteiger partial charge in [0.2, 0.25) is 0 Å². The fourth-order valence-corrected chi connectivity index (χ4v) is 1.26. The Morgan fingerprint density at radius 3 is 2.20 bits per heavy atom. The average molecular weight is 210 g/mol. The van der Waals surface area contributed by atoms with Crippen molar-refractivity contribution in [2.45, 2.75) is 52.4 Å². The van der Waals surface area contributed by atoms with Gasteiger partial charge in [-0.15, -0.1) is 0 Å². The van der Waals surface area contributed by atoms with Gasteiger partial charge >= 0.3 is 5.97 Å². The van der Waals surface area contributed by atoms with Crippen molar-refractivity contribution < 1.29 is 9.53 Å². The summed E-state index contributed by atoms with van der Waals surface area (Å²) < 4.78 is 4.67. The van der Waals surface area contributed by atoms with Gasteiger partial charge < -0.3 is 4.74 Å². The Balaban J connectivity index is 3.11. The molecule has 0 heterocycles. The highest BCUT2D eigenvalue weighted by Gasteiger charge is 1.88. The maximum Gasteiger partial charge on any atom is 0.307 e. The maximum atomic E-state index is 10.4. The predicted octanol–water partition coefficient (Wildman–Crippen LogP) is 3.98. The Hall–Kier alpha value is -1.05. The number of esters is 1. The second-order valence-electron chi connectivity index (χ2n) is 3.54. The first-order chi connectivity index (χ1) is 7.27. The van der Waals surface area contributed by atoms with Crippen LogP contribution in [-0.4, -0.2) is 5.97 Å². The second kappa shape index (κ2) is 11.0. The maximum absolute atomic E-state index is 10.4. The summed E-state index contributed by atoms with van der Waals surface area (Å²) in [4.78, 5) is 10.4. The van der Waals surface area contributed by atoms with Crippen LogP contribution in [0.2, 0.25) is 0 Å². The molecule has 2 nitrogen and oxygen atoms in total. The van der Waals surface area contributed by atoms with E-state index in [1.165, 1.54) is 45.3 Å². The molecule has 0 saturated carbocycles. The standard InChI is InChI=1S/C13H22O2/c1-3-4-5-6-7-8-9-10-11-12-15-13(2)14/h3-4,11-12H,5-10H2,1-2H3. The Labute approximate surface area is 93.0 Å². The van der Waals surface area contributed by atoms with Crippen LogP contribution in [0.1, 0.15) is 52.4 Å². The largest absolute Gasteiger partial charge is 0.435 e. The molecule has 0 unspecified atom stereocenters. The van der Waals surface area contributed by atoms with Crippen LogP contribution in [0.3, 0.4) is 0 Å². The van der Waals surface area contributed by atoms with Crippen molar-refractivity contribution >= 4 is 5.97 Å². The third-order valence-corrected chi connectivity index (χ3v) is 2.06. The van der Waals surface area contributed by atoms with E-state index in [0.717, 1.165) is 6.42 Å². The number of carbonyl (C=O) groups excluding carboxylic acids is 1. The van der Waals surface area contributed by atoms with E-state index in [9.17, 15) is 4.79 Å². The quantitative estimate of drug-likeness (QED) is 0.262. The number of ether oxygens (including phenoxy) is 1. The monoisotopic (exact) mass is 210 g/mol. The molecule has 0 aromatic carbocycles. The molecule has 0 spiro atoms. The van der Waals surface area contributed by atoms with E-state index in [4.69, 9.17) is 0 Å². The molecule has 0 rings (SSSR count). The number of carbonyl (C=O) groups is 1. The SMILES string of the molecule is CC=CCCCCCCC=COC(C)=O. The normalized spacial score (nSPS) is 11.3. The van der Waals surface area contributed by atoms with Crippen LogP contribution >= 0.6 is 0 Å². The summed E-state index contributed by atoms with van der Waals surface area (Å²) in [6.07, 6.45) is 14.9. The van der Waals surface area contributed by atoms with Gasteiger partial charge in [-0.3, -0.25) is 4.79 Å². The number of hydrogen-bond donors (Lipinski definition) is 0. The molecule has 0 saturated heterocycles. The molecule has 86 valence electrons. The summed E-state index contributed by atoms with van der Waals surface area (Å²) in [6, 6.07) is 0. The van der Waals surface area contributed by atoms with Gasteiger partial charge in [0.15, 0.2) is 0 Å². The molecule has 0 aliphatic rings. The summed E-state index contributed by atoms with van der Waals surface area (Å²) in [7, 11) is 0. The summed E-state index contributed by atoms with van der Waals surface area (Å²) in [5, 5.41) is 0. The third-order valence-electron chi connectivity index (χ3n) is 2.06. The van der Waals surface area contributed by atoms with E-state index in [1.807, 2.05) is 6.08 Å². The van der Waals surface area contributed by atoms with Gasteiger partial charge in [-0.1, -0.05) is 25.0 Å². The number of allylic oxidation sites excluding steroid dienone is 3. The highest BCUT2D eigenvalue weighted by molar-refractivity contribution is 5.66. The van der Waals surface area contributed by atoms with Crippen molar-refractivity contribution in [3.05, 3.63) is 24.5 Å². The van der Waals surface area contributed by atoms with Gasteiger partial charge in [0.25, 0.3) is 0 Å². The third kappa shape index (κ3) is 12.9. The van der Waals surface area contributed by atoms with Gasteiger partial charge in [-0.05, 0) is 38.7 Å². The smallest absolute Gasteiger partial charge is 0.307 e. The minimum absolute atomic E-state index is 0.252. The van der Waals surface area contributed by atoms with E-state index in [1.54, 1.807) is 0 Å². The zero-order valence-corrected chi connectivity index (χ0v) is 9.87. The molecule has 0 aromatic rings. The summed E-state index contributed by atoms with van der Waals surface area (Å²) in [5.74, 6) is -0.252. The predicted molar refractivity (Wildman–Crippen MR) is 63.4 cm³/mol. The van der Waals surface area contributed by atoms with Crippen LogP contribution < -0.4 is 0 Å². The minimum atomic E-state index is -0.252. The van der Waals surface area contributed by atoms with E-state index in [-0.39, 0.29) is 5.97 Å². The van der Waals surface area contributed by atoms with Crippen LogP contribution in [0.25, 0.3) is 0 Å². The molecule has 0 aliphatic heterocycles. The first-order valence-electron chi connectivity index (χ1n) is 5.70. The van der Waals surface area contributed by atoms with E-state index >= 15 is 0 Å². The molecular formula is C13H22O2. The van der Waals surface area contributed by atoms with Gasteiger partial charge in [-0.2, -0.15) is 0 Å². The van der Waals surface area contributed by atoms with Crippen LogP contribution in [0, 0.1) is 0 Å². The summed E-state index contributed by atoms with van der Waals surface area (Å²) in [5.41, 5.74) is 0. The van der Waals surface area contributed by atoms with Gasteiger partial charge in [0.05, 0.1) is 6.26 Å². The lowest BCUT2D eigenvalue weighted by Crippen LogP contribution is -1.89. The Kier molecular flexibility index (Phi) is 10.3. The molecule has 0 radical (unpaired) electrons. The van der Waals surface area contributed by atoms with Crippen LogP contribution in [-0.2, 0) is 9.53 Å².